The number of nitrogens with zero attached hydrogens (tertiary/aromatic N) is 3. The van der Waals surface area contributed by atoms with Gasteiger partial charge in [-0.25, -0.2) is 0 Å². The van der Waals surface area contributed by atoms with Crippen LogP contribution in [-0.2, 0) is 27.2 Å². The van der Waals surface area contributed by atoms with E-state index in [9.17, 15) is 19.2 Å². The van der Waals surface area contributed by atoms with Gasteiger partial charge in [-0.1, -0.05) is 56.3 Å². The first-order chi connectivity index (χ1) is 21.2. The standard InChI is InChI=1S/C33H40N6O5/c1-22(2)27-21-44-29-12-8-7-11-25(29)31(41)37-26(32(42)36-16-15-24-20-34-17-18-35-24)13-14-30(40)39(3)28(33(43)38-27)19-23-9-5-4-6-10-23/h4-12,17-18,20,22,26-28H,13-16,19,21H2,1-3H3,(H,36,42)(H,37,41)(H,38,43)/t26-,27-,28-/m0/s1. The highest BCUT2D eigenvalue weighted by molar-refractivity contribution is 5.99. The molecule has 11 heteroatoms. The Hall–Kier alpha value is -4.80. The minimum atomic E-state index is -1.01. The zero-order valence-corrected chi connectivity index (χ0v) is 25.4. The van der Waals surface area contributed by atoms with Crippen LogP contribution in [0.3, 0.4) is 0 Å². The number of hydrogen-bond acceptors (Lipinski definition) is 7. The molecule has 1 aliphatic rings. The van der Waals surface area contributed by atoms with Crippen LogP contribution < -0.4 is 20.7 Å². The number of carbonyl (C=O) groups is 4. The minimum absolute atomic E-state index is 0.00366. The molecule has 2 heterocycles. The van der Waals surface area contributed by atoms with Crippen LogP contribution in [0.1, 0.15) is 48.3 Å². The normalized spacial score (nSPS) is 20.0. The average molecular weight is 601 g/mol. The molecule has 11 nitrogen and oxygen atoms in total. The Morgan fingerprint density at radius 1 is 1.05 bits per heavy atom. The summed E-state index contributed by atoms with van der Waals surface area (Å²) in [4.78, 5) is 63.7. The van der Waals surface area contributed by atoms with Crippen molar-refractivity contribution in [1.82, 2.24) is 30.8 Å². The maximum absolute atomic E-state index is 13.7. The predicted octanol–water partition coefficient (Wildman–Crippen LogP) is 2.32. The lowest BCUT2D eigenvalue weighted by Crippen LogP contribution is -2.53. The Morgan fingerprint density at radius 2 is 1.80 bits per heavy atom. The van der Waals surface area contributed by atoms with Gasteiger partial charge < -0.3 is 25.6 Å². The molecule has 0 aliphatic carbocycles. The Bertz CT molecular complexity index is 1420. The van der Waals surface area contributed by atoms with Gasteiger partial charge in [-0.05, 0) is 30.0 Å². The van der Waals surface area contributed by atoms with E-state index in [0.717, 1.165) is 5.56 Å². The van der Waals surface area contributed by atoms with Crippen molar-refractivity contribution in [2.24, 2.45) is 5.92 Å². The molecule has 0 saturated carbocycles. The molecular weight excluding hydrogens is 560 g/mol. The third-order valence-electron chi connectivity index (χ3n) is 7.68. The fourth-order valence-corrected chi connectivity index (χ4v) is 4.90. The van der Waals surface area contributed by atoms with Gasteiger partial charge in [0.25, 0.3) is 5.91 Å². The number of benzene rings is 2. The van der Waals surface area contributed by atoms with Crippen LogP contribution in [0.5, 0.6) is 5.75 Å². The summed E-state index contributed by atoms with van der Waals surface area (Å²) in [6.45, 7) is 4.31. The SMILES string of the molecule is CC(C)[C@@H]1COc2ccccc2C(=O)N[C@H](C(=O)NCCc2cnccn2)CCC(=O)N(C)[C@@H](Cc2ccccc2)C(=O)N1. The highest BCUT2D eigenvalue weighted by Crippen LogP contribution is 2.20. The topological polar surface area (TPSA) is 143 Å². The van der Waals surface area contributed by atoms with Gasteiger partial charge in [0, 0.05) is 51.4 Å². The van der Waals surface area contributed by atoms with E-state index >= 15 is 0 Å². The molecule has 0 bridgehead atoms. The van der Waals surface area contributed by atoms with Crippen molar-refractivity contribution in [2.45, 2.75) is 57.7 Å². The van der Waals surface area contributed by atoms with E-state index in [-0.39, 0.29) is 49.3 Å². The van der Waals surface area contributed by atoms with Crippen molar-refractivity contribution in [3.8, 4) is 5.75 Å². The number of amides is 4. The van der Waals surface area contributed by atoms with Gasteiger partial charge in [-0.3, -0.25) is 29.1 Å². The smallest absolute Gasteiger partial charge is 0.255 e. The Kier molecular flexibility index (Phi) is 11.4. The van der Waals surface area contributed by atoms with Crippen molar-refractivity contribution in [3.05, 3.63) is 90.0 Å². The number of ether oxygens (including phenoxy) is 1. The summed E-state index contributed by atoms with van der Waals surface area (Å²) in [5, 5.41) is 8.73. The highest BCUT2D eigenvalue weighted by Gasteiger charge is 2.32. The number of hydrogen-bond donors (Lipinski definition) is 3. The summed E-state index contributed by atoms with van der Waals surface area (Å²) in [6, 6.07) is 14.1. The number of aromatic nitrogens is 2. The summed E-state index contributed by atoms with van der Waals surface area (Å²) in [7, 11) is 1.60. The summed E-state index contributed by atoms with van der Waals surface area (Å²) in [6.07, 6.45) is 5.50. The summed E-state index contributed by atoms with van der Waals surface area (Å²) >= 11 is 0. The van der Waals surface area contributed by atoms with Crippen LogP contribution in [-0.4, -0.2) is 76.8 Å². The van der Waals surface area contributed by atoms with Crippen molar-refractivity contribution in [3.63, 3.8) is 0 Å². The van der Waals surface area contributed by atoms with Gasteiger partial charge >= 0.3 is 0 Å². The van der Waals surface area contributed by atoms with Gasteiger partial charge in [0.2, 0.25) is 17.7 Å². The molecule has 44 heavy (non-hydrogen) atoms. The lowest BCUT2D eigenvalue weighted by Gasteiger charge is -2.31. The molecule has 1 aliphatic heterocycles. The number of para-hydroxylation sites is 1. The third kappa shape index (κ3) is 8.85. The summed E-state index contributed by atoms with van der Waals surface area (Å²) < 4.78 is 6.10. The van der Waals surface area contributed by atoms with Crippen molar-refractivity contribution >= 4 is 23.6 Å². The molecule has 0 radical (unpaired) electrons. The number of carbonyl (C=O) groups excluding carboxylic acids is 4. The maximum atomic E-state index is 13.7. The fraction of sp³-hybridized carbons (Fsp3) is 0.394. The van der Waals surface area contributed by atoms with Gasteiger partial charge in [-0.2, -0.15) is 0 Å². The molecule has 4 rings (SSSR count). The largest absolute Gasteiger partial charge is 0.491 e. The Labute approximate surface area is 257 Å². The number of rotatable bonds is 7. The van der Waals surface area contributed by atoms with E-state index in [1.54, 1.807) is 49.9 Å². The van der Waals surface area contributed by atoms with E-state index < -0.39 is 29.9 Å². The first-order valence-corrected chi connectivity index (χ1v) is 14.9. The molecule has 4 amide bonds. The zero-order chi connectivity index (χ0) is 31.5. The third-order valence-corrected chi connectivity index (χ3v) is 7.68. The predicted molar refractivity (Wildman–Crippen MR) is 165 cm³/mol. The van der Waals surface area contributed by atoms with E-state index in [0.29, 0.717) is 24.3 Å². The highest BCUT2D eigenvalue weighted by atomic mass is 16.5. The van der Waals surface area contributed by atoms with E-state index in [1.807, 2.05) is 44.2 Å². The van der Waals surface area contributed by atoms with E-state index in [2.05, 4.69) is 25.9 Å². The van der Waals surface area contributed by atoms with Crippen molar-refractivity contribution in [2.75, 3.05) is 20.2 Å². The molecule has 3 atom stereocenters. The lowest BCUT2D eigenvalue weighted by atomic mass is 10.0. The van der Waals surface area contributed by atoms with Gasteiger partial charge in [-0.15, -0.1) is 0 Å². The van der Waals surface area contributed by atoms with Gasteiger partial charge in [0.1, 0.15) is 24.4 Å². The number of fused-ring (bicyclic) bond motifs is 1. The Balaban J connectivity index is 1.60. The molecule has 3 N–H and O–H groups in total. The molecule has 1 aromatic heterocycles. The second-order valence-corrected chi connectivity index (χ2v) is 11.2. The van der Waals surface area contributed by atoms with Crippen LogP contribution in [0.4, 0.5) is 0 Å². The van der Waals surface area contributed by atoms with Crippen molar-refractivity contribution in [1.29, 1.82) is 0 Å². The van der Waals surface area contributed by atoms with Crippen LogP contribution in [0.2, 0.25) is 0 Å². The number of likely N-dealkylation sites (N-methyl/N-ethyl adjacent to an activating group) is 1. The molecule has 3 aromatic rings. The van der Waals surface area contributed by atoms with Gasteiger partial charge in [0.05, 0.1) is 17.3 Å². The summed E-state index contributed by atoms with van der Waals surface area (Å²) in [5.74, 6) is -1.22. The molecular formula is C33H40N6O5. The molecule has 232 valence electrons. The molecule has 0 saturated heterocycles. The maximum Gasteiger partial charge on any atom is 0.255 e. The molecule has 2 aromatic carbocycles. The second-order valence-electron chi connectivity index (χ2n) is 11.2. The minimum Gasteiger partial charge on any atom is -0.491 e. The van der Waals surface area contributed by atoms with Crippen LogP contribution in [0.15, 0.2) is 73.2 Å². The van der Waals surface area contributed by atoms with E-state index in [4.69, 9.17) is 4.74 Å². The van der Waals surface area contributed by atoms with E-state index in [1.165, 1.54) is 4.90 Å². The average Bonchev–Trinajstić information content (AvgIpc) is 3.03. The fourth-order valence-electron chi connectivity index (χ4n) is 4.90. The first kappa shape index (κ1) is 32.1. The monoisotopic (exact) mass is 600 g/mol. The lowest BCUT2D eigenvalue weighted by molar-refractivity contribution is -0.139. The van der Waals surface area contributed by atoms with Crippen molar-refractivity contribution < 1.29 is 23.9 Å². The van der Waals surface area contributed by atoms with Gasteiger partial charge in [0.15, 0.2) is 0 Å². The molecule has 0 spiro atoms. The van der Waals surface area contributed by atoms with Crippen LogP contribution in [0, 0.1) is 5.92 Å². The quantitative estimate of drug-likeness (QED) is 0.378. The molecule has 0 fully saturated rings. The summed E-state index contributed by atoms with van der Waals surface area (Å²) in [5.41, 5.74) is 1.87. The van der Waals surface area contributed by atoms with Crippen LogP contribution >= 0.6 is 0 Å². The zero-order valence-electron chi connectivity index (χ0n) is 25.4. The second kappa shape index (κ2) is 15.6. The molecule has 0 unspecified atom stereocenters. The number of nitrogens with one attached hydrogen (secondary N) is 3. The Morgan fingerprint density at radius 3 is 2.52 bits per heavy atom. The first-order valence-electron chi connectivity index (χ1n) is 14.9. The van der Waals surface area contributed by atoms with Crippen LogP contribution in [0.25, 0.3) is 0 Å².